The molecule has 5 rings (SSSR count). The zero-order valence-corrected chi connectivity index (χ0v) is 20.2. The van der Waals surface area contributed by atoms with E-state index in [1.807, 2.05) is 0 Å². The largest absolute Gasteiger partial charge is 0.507 e. The highest BCUT2D eigenvalue weighted by Crippen LogP contribution is 2.51. The Morgan fingerprint density at radius 3 is 2.51 bits per heavy atom. The first-order valence-corrected chi connectivity index (χ1v) is 12.5. The lowest BCUT2D eigenvalue weighted by molar-refractivity contribution is -0.174. The van der Waals surface area contributed by atoms with E-state index < -0.39 is 52.7 Å². The quantitative estimate of drug-likeness (QED) is 0.326. The molecule has 5 atom stereocenters. The first-order chi connectivity index (χ1) is 17.6. The Kier molecular flexibility index (Phi) is 6.33. The van der Waals surface area contributed by atoms with Crippen LogP contribution in [0, 0.1) is 17.8 Å². The van der Waals surface area contributed by atoms with Gasteiger partial charge in [0.05, 0.1) is 24.9 Å². The normalized spacial score (nSPS) is 31.5. The van der Waals surface area contributed by atoms with Crippen molar-refractivity contribution >= 4 is 29.1 Å². The van der Waals surface area contributed by atoms with Crippen LogP contribution in [0.25, 0.3) is 5.76 Å². The third-order valence-electron chi connectivity index (χ3n) is 8.34. The maximum Gasteiger partial charge on any atom is 0.230 e. The number of phenolic OH excluding ortho intramolecular Hbond substituents is 1. The lowest BCUT2D eigenvalue weighted by atomic mass is 9.56. The van der Waals surface area contributed by atoms with Crippen LogP contribution in [0.15, 0.2) is 17.7 Å². The molecule has 0 spiro atoms. The number of carbonyl (C=O) groups excluding carboxylic acids is 4. The molecule has 0 radical (unpaired) electrons. The summed E-state index contributed by atoms with van der Waals surface area (Å²) in [5.41, 5.74) is 3.84. The van der Waals surface area contributed by atoms with Crippen molar-refractivity contribution in [3.05, 3.63) is 34.4 Å². The third kappa shape index (κ3) is 3.92. The van der Waals surface area contributed by atoms with Crippen molar-refractivity contribution in [2.45, 2.75) is 43.8 Å². The minimum absolute atomic E-state index is 0.0296. The fourth-order valence-corrected chi connectivity index (χ4v) is 6.44. The van der Waals surface area contributed by atoms with Gasteiger partial charge in [-0.3, -0.25) is 19.2 Å². The number of hydrogen-bond acceptors (Lipinski definition) is 9. The molecule has 3 aliphatic carbocycles. The molecular weight excluding hydrogens is 484 g/mol. The number of nitrogens with two attached hydrogens (primary N) is 1. The minimum atomic E-state index is -2.60. The smallest absolute Gasteiger partial charge is 0.230 e. The molecular formula is C26H30N2O9. The van der Waals surface area contributed by atoms with Gasteiger partial charge in [-0.25, -0.2) is 0 Å². The summed E-state index contributed by atoms with van der Waals surface area (Å²) in [5.74, 6) is -7.47. The number of aryl methyl sites for hydroxylation is 1. The average molecular weight is 515 g/mol. The maximum absolute atomic E-state index is 13.5. The van der Waals surface area contributed by atoms with E-state index >= 15 is 0 Å². The van der Waals surface area contributed by atoms with Crippen molar-refractivity contribution in [2.75, 3.05) is 26.3 Å². The van der Waals surface area contributed by atoms with Crippen molar-refractivity contribution in [3.63, 3.8) is 0 Å². The van der Waals surface area contributed by atoms with Gasteiger partial charge in [-0.15, -0.1) is 0 Å². The van der Waals surface area contributed by atoms with Crippen molar-refractivity contribution in [1.29, 1.82) is 0 Å². The van der Waals surface area contributed by atoms with Gasteiger partial charge in [0.1, 0.15) is 17.4 Å². The molecule has 2 amide bonds. The Morgan fingerprint density at radius 1 is 1.14 bits per heavy atom. The Hall–Kier alpha value is -3.28. The molecule has 1 aromatic carbocycles. The molecule has 2 unspecified atom stereocenters. The van der Waals surface area contributed by atoms with Gasteiger partial charge in [-0.2, -0.15) is 0 Å². The van der Waals surface area contributed by atoms with E-state index in [1.54, 1.807) is 11.0 Å². The number of hydrogen-bond donors (Lipinski definition) is 5. The highest BCUT2D eigenvalue weighted by Gasteiger charge is 2.63. The van der Waals surface area contributed by atoms with Crippen LogP contribution >= 0.6 is 0 Å². The molecule has 198 valence electrons. The summed E-state index contributed by atoms with van der Waals surface area (Å²) in [5, 5.41) is 43.4. The molecule has 0 aromatic heterocycles. The number of aliphatic hydroxyl groups excluding tert-OH is 2. The summed E-state index contributed by atoms with van der Waals surface area (Å²) in [4.78, 5) is 52.8. The number of rotatable bonds is 4. The van der Waals surface area contributed by atoms with E-state index in [0.717, 1.165) is 5.56 Å². The van der Waals surface area contributed by atoms with Crippen molar-refractivity contribution < 1.29 is 44.3 Å². The molecule has 1 aliphatic heterocycles. The van der Waals surface area contributed by atoms with Crippen LogP contribution in [0.2, 0.25) is 0 Å². The number of morpholine rings is 1. The molecule has 6 N–H and O–H groups in total. The van der Waals surface area contributed by atoms with Crippen LogP contribution in [0.1, 0.15) is 36.0 Å². The number of nitrogens with zero attached hydrogens (tertiary/aromatic N) is 1. The number of ether oxygens (including phenoxy) is 1. The minimum Gasteiger partial charge on any atom is -0.507 e. The first kappa shape index (κ1) is 25.4. The molecule has 3 fully saturated rings. The molecule has 2 saturated carbocycles. The van der Waals surface area contributed by atoms with E-state index in [0.29, 0.717) is 38.3 Å². The first-order valence-electron chi connectivity index (χ1n) is 12.5. The highest BCUT2D eigenvalue weighted by molar-refractivity contribution is 6.24. The van der Waals surface area contributed by atoms with E-state index in [2.05, 4.69) is 0 Å². The molecule has 1 aromatic rings. The second-order valence-electron chi connectivity index (χ2n) is 10.3. The molecule has 11 heteroatoms. The monoisotopic (exact) mass is 514 g/mol. The second kappa shape index (κ2) is 9.23. The maximum atomic E-state index is 13.5. The van der Waals surface area contributed by atoms with Gasteiger partial charge in [0.15, 0.2) is 11.4 Å². The number of ketones is 2. The predicted molar refractivity (Wildman–Crippen MR) is 127 cm³/mol. The number of Topliss-reactive ketones (excluding diaryl/α,β-unsaturated/α-hetero) is 2. The lowest BCUT2D eigenvalue weighted by Gasteiger charge is -2.48. The van der Waals surface area contributed by atoms with Crippen molar-refractivity contribution in [2.24, 2.45) is 23.5 Å². The number of aliphatic hydroxyl groups is 3. The molecule has 0 bridgehead atoms. The molecule has 4 aliphatic rings. The topological polar surface area (TPSA) is 188 Å². The fourth-order valence-electron chi connectivity index (χ4n) is 6.44. The summed E-state index contributed by atoms with van der Waals surface area (Å²) >= 11 is 0. The molecule has 11 nitrogen and oxygen atoms in total. The van der Waals surface area contributed by atoms with Crippen molar-refractivity contribution in [1.82, 2.24) is 4.90 Å². The molecule has 1 heterocycles. The molecule has 37 heavy (non-hydrogen) atoms. The number of primary amides is 1. The summed E-state index contributed by atoms with van der Waals surface area (Å²) in [6, 6.07) is 3.06. The Balaban J connectivity index is 1.48. The van der Waals surface area contributed by atoms with E-state index in [-0.39, 0.29) is 48.5 Å². The number of aromatic hydroxyl groups is 1. The Morgan fingerprint density at radius 2 is 1.84 bits per heavy atom. The van der Waals surface area contributed by atoms with Gasteiger partial charge >= 0.3 is 0 Å². The van der Waals surface area contributed by atoms with Crippen LogP contribution in [0.4, 0.5) is 0 Å². The van der Waals surface area contributed by atoms with Crippen LogP contribution in [0.5, 0.6) is 5.75 Å². The van der Waals surface area contributed by atoms with Gasteiger partial charge in [0.2, 0.25) is 17.6 Å². The van der Waals surface area contributed by atoms with E-state index in [9.17, 15) is 39.6 Å². The van der Waals surface area contributed by atoms with Gasteiger partial charge < -0.3 is 35.8 Å². The summed E-state index contributed by atoms with van der Waals surface area (Å²) in [6.07, 6.45) is -0.713. The van der Waals surface area contributed by atoms with Crippen LogP contribution in [-0.2, 0) is 36.8 Å². The third-order valence-corrected chi connectivity index (χ3v) is 8.34. The number of amides is 2. The number of carbonyl (C=O) groups is 4. The standard InChI is InChI=1S/C26H30N2O9/c27-25(35)21-17(30)11-14-9-13-10-15-12(2-4-18(31)28-5-7-37-8-6-28)1-3-16(29)20(15)22(32)19(13)23(33)26(14,36)24(21)34/h1,3,13-14,17,21,29-30,32,36H,2,4-11H2,(H2,27,35)/t13-,14+,17?,21?,26+/m1/s1. The van der Waals surface area contributed by atoms with Crippen molar-refractivity contribution in [3.8, 4) is 5.75 Å². The van der Waals surface area contributed by atoms with Gasteiger partial charge in [0.25, 0.3) is 0 Å². The predicted octanol–water partition coefficient (Wildman–Crippen LogP) is -0.620. The lowest BCUT2D eigenvalue weighted by Crippen LogP contribution is -2.66. The Bertz CT molecular complexity index is 1220. The van der Waals surface area contributed by atoms with Crippen LogP contribution in [-0.4, -0.2) is 86.7 Å². The number of benzene rings is 1. The average Bonchev–Trinajstić information content (AvgIpc) is 2.86. The van der Waals surface area contributed by atoms with Gasteiger partial charge in [-0.1, -0.05) is 6.07 Å². The molecule has 1 saturated heterocycles. The van der Waals surface area contributed by atoms with Gasteiger partial charge in [0, 0.05) is 31.0 Å². The summed E-state index contributed by atoms with van der Waals surface area (Å²) in [7, 11) is 0. The van der Waals surface area contributed by atoms with Gasteiger partial charge in [-0.05, 0) is 48.8 Å². The zero-order chi connectivity index (χ0) is 26.6. The number of fused-ring (bicyclic) bond motifs is 3. The van der Waals surface area contributed by atoms with E-state index in [1.165, 1.54) is 6.07 Å². The summed E-state index contributed by atoms with van der Waals surface area (Å²) < 4.78 is 5.29. The Labute approximate surface area is 212 Å². The number of phenols is 1. The van der Waals surface area contributed by atoms with Crippen LogP contribution in [0.3, 0.4) is 0 Å². The SMILES string of the molecule is NC(=O)C1C(=O)[C@@]2(O)C(=O)C3=C(O)c4c(O)ccc(CCC(=O)N5CCOCC5)c4C[C@H]3C[C@H]2CC1O. The highest BCUT2D eigenvalue weighted by atomic mass is 16.5. The zero-order valence-electron chi connectivity index (χ0n) is 20.2. The fraction of sp³-hybridized carbons (Fsp3) is 0.538. The van der Waals surface area contributed by atoms with E-state index in [4.69, 9.17) is 10.5 Å². The summed E-state index contributed by atoms with van der Waals surface area (Å²) in [6.45, 7) is 2.02. The second-order valence-corrected chi connectivity index (χ2v) is 10.3. The van der Waals surface area contributed by atoms with Crippen LogP contribution < -0.4 is 5.73 Å².